The minimum absolute atomic E-state index is 0.00502. The summed E-state index contributed by atoms with van der Waals surface area (Å²) in [7, 11) is -3.77. The zero-order valence-electron chi connectivity index (χ0n) is 13.0. The average Bonchev–Trinajstić information content (AvgIpc) is 3.40. The molecule has 0 unspecified atom stereocenters. The summed E-state index contributed by atoms with van der Waals surface area (Å²) in [6.45, 7) is 0. The molecule has 7 heteroatoms. The Balaban J connectivity index is 1.60. The second kappa shape index (κ2) is 5.66. The van der Waals surface area contributed by atoms with Gasteiger partial charge in [0, 0.05) is 17.9 Å². The molecule has 0 spiro atoms. The Labute approximate surface area is 140 Å². The lowest BCUT2D eigenvalue weighted by Gasteiger charge is -2.16. The van der Waals surface area contributed by atoms with Crippen molar-refractivity contribution in [2.75, 3.05) is 4.72 Å². The summed E-state index contributed by atoms with van der Waals surface area (Å²) >= 11 is 0. The summed E-state index contributed by atoms with van der Waals surface area (Å²) in [6.07, 6.45) is 7.26. The van der Waals surface area contributed by atoms with Gasteiger partial charge in [0.05, 0.1) is 23.0 Å². The molecule has 0 radical (unpaired) electrons. The molecule has 0 aliphatic heterocycles. The summed E-state index contributed by atoms with van der Waals surface area (Å²) in [5.41, 5.74) is 1.76. The number of ketones is 1. The van der Waals surface area contributed by atoms with Crippen molar-refractivity contribution in [1.29, 1.82) is 0 Å². The molecular formula is C17H17N3O3S. The Morgan fingerprint density at radius 2 is 1.83 bits per heavy atom. The number of hydrogen-bond acceptors (Lipinski definition) is 5. The van der Waals surface area contributed by atoms with Crippen LogP contribution < -0.4 is 4.72 Å². The number of hydrogen-bond donors (Lipinski definition) is 1. The van der Waals surface area contributed by atoms with Gasteiger partial charge in [0.1, 0.15) is 5.82 Å². The molecule has 1 N–H and O–H groups in total. The van der Waals surface area contributed by atoms with Crippen LogP contribution in [0.15, 0.2) is 35.5 Å². The summed E-state index contributed by atoms with van der Waals surface area (Å²) in [4.78, 5) is 20.5. The topological polar surface area (TPSA) is 89.0 Å². The molecule has 2 aliphatic rings. The molecule has 6 nitrogen and oxygen atoms in total. The van der Waals surface area contributed by atoms with Crippen molar-refractivity contribution in [2.45, 2.75) is 42.9 Å². The summed E-state index contributed by atoms with van der Waals surface area (Å²) in [6, 6.07) is 4.74. The van der Waals surface area contributed by atoms with Gasteiger partial charge in [-0.2, -0.15) is 0 Å². The Bertz CT molecular complexity index is 903. The lowest BCUT2D eigenvalue weighted by Crippen LogP contribution is -2.16. The minimum atomic E-state index is -3.77. The number of carbonyl (C=O) groups is 1. The van der Waals surface area contributed by atoms with Crippen LogP contribution in [0.25, 0.3) is 0 Å². The van der Waals surface area contributed by atoms with Gasteiger partial charge >= 0.3 is 0 Å². The number of nitrogens with zero attached hydrogens (tertiary/aromatic N) is 2. The third-order valence-corrected chi connectivity index (χ3v) is 5.79. The standard InChI is InChI=1S/C17H17N3O3S/c21-16-3-1-2-11-6-7-14(8-15(11)16)24(22,23)20-13-9-18-17(19-10-13)12-4-5-12/h6-10,12,20H,1-5H2. The highest BCUT2D eigenvalue weighted by Gasteiger charge is 2.26. The first-order chi connectivity index (χ1) is 11.5. The molecule has 0 amide bonds. The van der Waals surface area contributed by atoms with Crippen molar-refractivity contribution in [3.63, 3.8) is 0 Å². The molecule has 24 heavy (non-hydrogen) atoms. The van der Waals surface area contributed by atoms with E-state index < -0.39 is 10.0 Å². The van der Waals surface area contributed by atoms with Gasteiger partial charge in [-0.15, -0.1) is 0 Å². The molecule has 124 valence electrons. The molecular weight excluding hydrogens is 326 g/mol. The van der Waals surface area contributed by atoms with Crippen molar-refractivity contribution in [3.05, 3.63) is 47.5 Å². The summed E-state index contributed by atoms with van der Waals surface area (Å²) in [5.74, 6) is 1.19. The first-order valence-corrected chi connectivity index (χ1v) is 9.52. The molecule has 2 aliphatic carbocycles. The summed E-state index contributed by atoms with van der Waals surface area (Å²) in [5, 5.41) is 0. The maximum atomic E-state index is 12.5. The van der Waals surface area contributed by atoms with Crippen LogP contribution >= 0.6 is 0 Å². The van der Waals surface area contributed by atoms with Crippen LogP contribution in [0.1, 0.15) is 53.3 Å². The Morgan fingerprint density at radius 3 is 2.54 bits per heavy atom. The van der Waals surface area contributed by atoms with Crippen LogP contribution in [0.5, 0.6) is 0 Å². The van der Waals surface area contributed by atoms with Gasteiger partial charge < -0.3 is 0 Å². The predicted molar refractivity (Wildman–Crippen MR) is 88.5 cm³/mol. The SMILES string of the molecule is O=C1CCCc2ccc(S(=O)(=O)Nc3cnc(C4CC4)nc3)cc21. The molecule has 0 atom stereocenters. The Morgan fingerprint density at radius 1 is 1.08 bits per heavy atom. The number of Topliss-reactive ketones (excluding diaryl/α,β-unsaturated/α-hetero) is 1. The van der Waals surface area contributed by atoms with Crippen LogP contribution in [-0.4, -0.2) is 24.2 Å². The maximum absolute atomic E-state index is 12.5. The highest BCUT2D eigenvalue weighted by atomic mass is 32.2. The number of carbonyl (C=O) groups excluding carboxylic acids is 1. The van der Waals surface area contributed by atoms with E-state index in [4.69, 9.17) is 0 Å². The third kappa shape index (κ3) is 2.91. The molecule has 4 rings (SSSR count). The van der Waals surface area contributed by atoms with E-state index in [9.17, 15) is 13.2 Å². The highest BCUT2D eigenvalue weighted by Crippen LogP contribution is 2.37. The van der Waals surface area contributed by atoms with E-state index in [0.29, 0.717) is 23.6 Å². The monoisotopic (exact) mass is 343 g/mol. The number of benzene rings is 1. The first kappa shape index (κ1) is 15.3. The average molecular weight is 343 g/mol. The minimum Gasteiger partial charge on any atom is -0.294 e. The Hall–Kier alpha value is -2.28. The second-order valence-corrected chi connectivity index (χ2v) is 7.99. The van der Waals surface area contributed by atoms with Gasteiger partial charge in [0.25, 0.3) is 10.0 Å². The lowest BCUT2D eigenvalue weighted by atomic mass is 9.91. The van der Waals surface area contributed by atoms with Crippen LogP contribution in [-0.2, 0) is 16.4 Å². The predicted octanol–water partition coefficient (Wildman–Crippen LogP) is 2.67. The Kier molecular flexibility index (Phi) is 3.60. The fourth-order valence-electron chi connectivity index (χ4n) is 2.93. The highest BCUT2D eigenvalue weighted by molar-refractivity contribution is 7.92. The molecule has 1 heterocycles. The van der Waals surface area contributed by atoms with Gasteiger partial charge in [-0.3, -0.25) is 9.52 Å². The number of aryl methyl sites for hydroxylation is 1. The molecule has 0 saturated heterocycles. The third-order valence-electron chi connectivity index (χ3n) is 4.41. The normalized spacial score (nSPS) is 17.4. The van der Waals surface area contributed by atoms with Gasteiger partial charge in [0.2, 0.25) is 0 Å². The molecule has 1 aromatic heterocycles. The summed E-state index contributed by atoms with van der Waals surface area (Å²) < 4.78 is 27.6. The fraction of sp³-hybridized carbons (Fsp3) is 0.353. The zero-order chi connectivity index (χ0) is 16.7. The number of nitrogens with one attached hydrogen (secondary N) is 1. The molecule has 1 fully saturated rings. The van der Waals surface area contributed by atoms with Gasteiger partial charge in [-0.25, -0.2) is 18.4 Å². The van der Waals surface area contributed by atoms with Gasteiger partial charge in [-0.05, 0) is 43.4 Å². The molecule has 2 aromatic rings. The quantitative estimate of drug-likeness (QED) is 0.922. The molecule has 0 bridgehead atoms. The van der Waals surface area contributed by atoms with E-state index in [0.717, 1.165) is 37.1 Å². The van der Waals surface area contributed by atoms with Crippen molar-refractivity contribution in [3.8, 4) is 0 Å². The van der Waals surface area contributed by atoms with E-state index in [1.807, 2.05) is 0 Å². The maximum Gasteiger partial charge on any atom is 0.262 e. The van der Waals surface area contributed by atoms with Crippen LogP contribution in [0.2, 0.25) is 0 Å². The van der Waals surface area contributed by atoms with Crippen molar-refractivity contribution in [2.24, 2.45) is 0 Å². The van der Waals surface area contributed by atoms with Crippen LogP contribution in [0.4, 0.5) is 5.69 Å². The second-order valence-electron chi connectivity index (χ2n) is 6.31. The first-order valence-electron chi connectivity index (χ1n) is 8.04. The van der Waals surface area contributed by atoms with E-state index >= 15 is 0 Å². The fourth-order valence-corrected chi connectivity index (χ4v) is 3.99. The lowest BCUT2D eigenvalue weighted by molar-refractivity contribution is 0.0972. The number of sulfonamides is 1. The largest absolute Gasteiger partial charge is 0.294 e. The van der Waals surface area contributed by atoms with Crippen molar-refractivity contribution >= 4 is 21.5 Å². The molecule has 1 aromatic carbocycles. The van der Waals surface area contributed by atoms with E-state index in [2.05, 4.69) is 14.7 Å². The number of fused-ring (bicyclic) bond motifs is 1. The van der Waals surface area contributed by atoms with Gasteiger partial charge in [-0.1, -0.05) is 6.07 Å². The number of rotatable bonds is 4. The van der Waals surface area contributed by atoms with Crippen molar-refractivity contribution in [1.82, 2.24) is 9.97 Å². The smallest absolute Gasteiger partial charge is 0.262 e. The van der Waals surface area contributed by atoms with Crippen LogP contribution in [0.3, 0.4) is 0 Å². The molecule has 1 saturated carbocycles. The van der Waals surface area contributed by atoms with E-state index in [-0.39, 0.29) is 10.7 Å². The van der Waals surface area contributed by atoms with Gasteiger partial charge in [0.15, 0.2) is 5.78 Å². The zero-order valence-corrected chi connectivity index (χ0v) is 13.8. The van der Waals surface area contributed by atoms with E-state index in [1.54, 1.807) is 12.1 Å². The number of aromatic nitrogens is 2. The van der Waals surface area contributed by atoms with Crippen LogP contribution in [0, 0.1) is 0 Å². The number of anilines is 1. The van der Waals surface area contributed by atoms with Crippen molar-refractivity contribution < 1.29 is 13.2 Å². The van der Waals surface area contributed by atoms with E-state index in [1.165, 1.54) is 18.5 Å².